The fourth-order valence-corrected chi connectivity index (χ4v) is 5.14. The Balaban J connectivity index is 1.55. The van der Waals surface area contributed by atoms with Crippen molar-refractivity contribution in [2.45, 2.75) is 6.92 Å². The number of hydrogen-bond donors (Lipinski definition) is 0. The van der Waals surface area contributed by atoms with Crippen molar-refractivity contribution in [2.24, 2.45) is 0 Å². The molecule has 0 N–H and O–H groups in total. The molecular weight excluding hydrogens is 458 g/mol. The molecule has 0 atom stereocenters. The van der Waals surface area contributed by atoms with Crippen LogP contribution in [0, 0.1) is 30.6 Å². The van der Waals surface area contributed by atoms with Crippen LogP contribution in [0.25, 0.3) is 38.8 Å². The summed E-state index contributed by atoms with van der Waals surface area (Å²) in [6, 6.07) is 18.6. The van der Waals surface area contributed by atoms with Crippen LogP contribution in [-0.2, 0) is 0 Å². The highest BCUT2D eigenvalue weighted by atomic mass is 15.2. The van der Waals surface area contributed by atoms with E-state index in [0.29, 0.717) is 16.9 Å². The van der Waals surface area contributed by atoms with Gasteiger partial charge in [0.1, 0.15) is 11.6 Å². The first-order chi connectivity index (χ1) is 18.1. The summed E-state index contributed by atoms with van der Waals surface area (Å²) in [7, 11) is 2.12. The summed E-state index contributed by atoms with van der Waals surface area (Å²) in [4.78, 5) is 18.4. The highest BCUT2D eigenvalue weighted by molar-refractivity contribution is 6.05. The molecule has 37 heavy (non-hydrogen) atoms. The van der Waals surface area contributed by atoms with Gasteiger partial charge in [0.2, 0.25) is 0 Å². The second-order valence-corrected chi connectivity index (χ2v) is 9.38. The van der Waals surface area contributed by atoms with E-state index in [1.165, 1.54) is 0 Å². The number of aromatic nitrogens is 4. The molecule has 0 radical (unpaired) electrons. The van der Waals surface area contributed by atoms with E-state index in [-0.39, 0.29) is 0 Å². The maximum atomic E-state index is 10.1. The number of benzene rings is 2. The van der Waals surface area contributed by atoms with Crippen LogP contribution in [0.15, 0.2) is 60.9 Å². The van der Waals surface area contributed by atoms with Crippen molar-refractivity contribution in [2.75, 3.05) is 38.1 Å². The maximum Gasteiger partial charge on any atom is 0.190 e. The predicted octanol–water partition coefficient (Wildman–Crippen LogP) is 4.55. The lowest BCUT2D eigenvalue weighted by molar-refractivity contribution is 0.313. The van der Waals surface area contributed by atoms with Crippen molar-refractivity contribution in [3.05, 3.63) is 78.0 Å². The zero-order valence-corrected chi connectivity index (χ0v) is 20.8. The van der Waals surface area contributed by atoms with E-state index in [4.69, 9.17) is 11.4 Å². The van der Waals surface area contributed by atoms with E-state index in [0.717, 1.165) is 70.8 Å². The second-order valence-electron chi connectivity index (χ2n) is 9.38. The van der Waals surface area contributed by atoms with Gasteiger partial charge in [-0.2, -0.15) is 5.26 Å². The topological polar surface area (TPSA) is 73.9 Å². The second kappa shape index (κ2) is 9.05. The molecule has 0 aliphatic carbocycles. The van der Waals surface area contributed by atoms with Crippen LogP contribution in [0.2, 0.25) is 0 Å². The Morgan fingerprint density at radius 3 is 2.57 bits per heavy atom. The van der Waals surface area contributed by atoms with Gasteiger partial charge in [-0.15, -0.1) is 6.42 Å². The minimum Gasteiger partial charge on any atom is -0.368 e. The summed E-state index contributed by atoms with van der Waals surface area (Å²) in [6.45, 7) is 5.72. The first-order valence-electron chi connectivity index (χ1n) is 12.2. The molecule has 1 aliphatic heterocycles. The van der Waals surface area contributed by atoms with Crippen LogP contribution in [-0.4, -0.2) is 57.6 Å². The van der Waals surface area contributed by atoms with Gasteiger partial charge in [0.05, 0.1) is 28.5 Å². The Bertz CT molecular complexity index is 1740. The Labute approximate surface area is 215 Å². The van der Waals surface area contributed by atoms with Crippen LogP contribution in [0.4, 0.5) is 5.69 Å². The highest BCUT2D eigenvalue weighted by Crippen LogP contribution is 2.33. The molecule has 4 heterocycles. The fraction of sp³-hybridized carbons (Fsp3) is 0.200. The van der Waals surface area contributed by atoms with Gasteiger partial charge in [0, 0.05) is 54.7 Å². The molecule has 1 fully saturated rings. The lowest BCUT2D eigenvalue weighted by atomic mass is 10.0. The van der Waals surface area contributed by atoms with E-state index < -0.39 is 0 Å². The summed E-state index contributed by atoms with van der Waals surface area (Å²) < 4.78 is 1.97. The molecule has 2 aromatic carbocycles. The zero-order chi connectivity index (χ0) is 25.5. The summed E-state index contributed by atoms with van der Waals surface area (Å²) in [5.41, 5.74) is 7.87. The van der Waals surface area contributed by atoms with Crippen molar-refractivity contribution in [1.29, 1.82) is 5.26 Å². The van der Waals surface area contributed by atoms with Crippen molar-refractivity contribution in [1.82, 2.24) is 24.4 Å². The van der Waals surface area contributed by atoms with Gasteiger partial charge in [-0.25, -0.2) is 4.98 Å². The SMILES string of the molecule is C#Cc1nc2cnc3ccc(-c4cccnc4C)cc3c2n1-c1ccc(N2CCN(C)CC2)c(C#N)c1. The van der Waals surface area contributed by atoms with E-state index in [1.54, 1.807) is 12.4 Å². The number of nitrogens with zero attached hydrogens (tertiary/aromatic N) is 7. The summed E-state index contributed by atoms with van der Waals surface area (Å²) in [6.07, 6.45) is 9.48. The van der Waals surface area contributed by atoms with Gasteiger partial charge in [0.15, 0.2) is 5.82 Å². The lowest BCUT2D eigenvalue weighted by Crippen LogP contribution is -2.44. The molecule has 5 aromatic rings. The Hall–Kier alpha value is -4.72. The first kappa shape index (κ1) is 22.7. The Kier molecular flexibility index (Phi) is 5.56. The third-order valence-corrected chi connectivity index (χ3v) is 7.13. The number of fused-ring (bicyclic) bond motifs is 3. The quantitative estimate of drug-likeness (QED) is 0.351. The largest absolute Gasteiger partial charge is 0.368 e. The van der Waals surface area contributed by atoms with Crippen molar-refractivity contribution >= 4 is 27.6 Å². The van der Waals surface area contributed by atoms with Gasteiger partial charge in [0.25, 0.3) is 0 Å². The summed E-state index contributed by atoms with van der Waals surface area (Å²) >= 11 is 0. The third kappa shape index (κ3) is 3.87. The number of hydrogen-bond acceptors (Lipinski definition) is 6. The highest BCUT2D eigenvalue weighted by Gasteiger charge is 2.20. The van der Waals surface area contributed by atoms with Gasteiger partial charge < -0.3 is 9.80 Å². The predicted molar refractivity (Wildman–Crippen MR) is 147 cm³/mol. The third-order valence-electron chi connectivity index (χ3n) is 7.13. The van der Waals surface area contributed by atoms with Gasteiger partial charge in [-0.1, -0.05) is 12.1 Å². The van der Waals surface area contributed by atoms with Crippen molar-refractivity contribution in [3.8, 4) is 35.2 Å². The molecule has 6 rings (SSSR count). The minimum atomic E-state index is 0.475. The number of nitriles is 1. The number of anilines is 1. The normalized spacial score (nSPS) is 14.1. The van der Waals surface area contributed by atoms with E-state index >= 15 is 0 Å². The molecule has 0 amide bonds. The number of terminal acetylenes is 1. The smallest absolute Gasteiger partial charge is 0.190 e. The summed E-state index contributed by atoms with van der Waals surface area (Å²) in [5.74, 6) is 3.21. The number of pyridine rings is 2. The monoisotopic (exact) mass is 483 g/mol. The first-order valence-corrected chi connectivity index (χ1v) is 12.2. The molecule has 1 saturated heterocycles. The van der Waals surface area contributed by atoms with Gasteiger partial charge in [-0.3, -0.25) is 14.5 Å². The van der Waals surface area contributed by atoms with E-state index in [1.807, 2.05) is 41.8 Å². The fourth-order valence-electron chi connectivity index (χ4n) is 5.14. The molecule has 0 spiro atoms. The Morgan fingerprint density at radius 1 is 0.973 bits per heavy atom. The van der Waals surface area contributed by atoms with Crippen molar-refractivity contribution < 1.29 is 0 Å². The van der Waals surface area contributed by atoms with Crippen LogP contribution in [0.1, 0.15) is 17.1 Å². The minimum absolute atomic E-state index is 0.475. The van der Waals surface area contributed by atoms with E-state index in [2.05, 4.69) is 57.0 Å². The standard InChI is InChI=1S/C30H25N7/c1-4-29-34-27-19-33-26-9-7-21(24-6-5-11-32-20(24)2)17-25(26)30(27)37(29)23-8-10-28(22(16-23)18-31)36-14-12-35(3)13-15-36/h1,5-11,16-17,19H,12-15H2,2-3H3. The molecule has 0 bridgehead atoms. The van der Waals surface area contributed by atoms with Gasteiger partial charge >= 0.3 is 0 Å². The molecule has 7 nitrogen and oxygen atoms in total. The molecule has 0 unspecified atom stereocenters. The molecular formula is C30H25N7. The average Bonchev–Trinajstić information content (AvgIpc) is 3.32. The number of piperazine rings is 1. The number of likely N-dealkylation sites (N-methyl/N-ethyl adjacent to an activating group) is 1. The number of imidazole rings is 1. The Morgan fingerprint density at radius 2 is 1.81 bits per heavy atom. The summed E-state index contributed by atoms with van der Waals surface area (Å²) in [5, 5.41) is 11.0. The van der Waals surface area contributed by atoms with Crippen LogP contribution >= 0.6 is 0 Å². The molecule has 1 aliphatic rings. The molecule has 3 aromatic heterocycles. The molecule has 7 heteroatoms. The maximum absolute atomic E-state index is 10.1. The van der Waals surface area contributed by atoms with E-state index in [9.17, 15) is 5.26 Å². The molecule has 180 valence electrons. The van der Waals surface area contributed by atoms with Crippen LogP contribution < -0.4 is 4.90 Å². The zero-order valence-electron chi connectivity index (χ0n) is 20.8. The lowest BCUT2D eigenvalue weighted by Gasteiger charge is -2.34. The molecule has 0 saturated carbocycles. The average molecular weight is 484 g/mol. The van der Waals surface area contributed by atoms with Gasteiger partial charge in [-0.05, 0) is 61.9 Å². The van der Waals surface area contributed by atoms with Crippen LogP contribution in [0.5, 0.6) is 0 Å². The number of rotatable bonds is 3. The number of aryl methyl sites for hydroxylation is 1. The van der Waals surface area contributed by atoms with Crippen LogP contribution in [0.3, 0.4) is 0 Å². The van der Waals surface area contributed by atoms with Crippen molar-refractivity contribution in [3.63, 3.8) is 0 Å².